The molecule has 3 nitrogen and oxygen atoms in total. The van der Waals surface area contributed by atoms with E-state index >= 15 is 0 Å². The van der Waals surface area contributed by atoms with Gasteiger partial charge in [-0.15, -0.1) is 0 Å². The van der Waals surface area contributed by atoms with Crippen molar-refractivity contribution in [1.82, 2.24) is 9.88 Å². The number of aliphatic hydroxyl groups excluding tert-OH is 1. The third-order valence-electron chi connectivity index (χ3n) is 3.31. The average molecular weight is 236 g/mol. The van der Waals surface area contributed by atoms with E-state index in [1.165, 1.54) is 0 Å². The lowest BCUT2D eigenvalue weighted by Gasteiger charge is -2.26. The fourth-order valence-electron chi connectivity index (χ4n) is 1.74. The highest BCUT2D eigenvalue weighted by Crippen LogP contribution is 2.10. The predicted octanol–water partition coefficient (Wildman–Crippen LogP) is 2.31. The zero-order chi connectivity index (χ0) is 12.7. The number of hydrogen-bond acceptors (Lipinski definition) is 3. The Labute approximate surface area is 104 Å². The van der Waals surface area contributed by atoms with Crippen LogP contribution >= 0.6 is 0 Å². The van der Waals surface area contributed by atoms with E-state index in [2.05, 4.69) is 30.7 Å². The molecule has 0 amide bonds. The van der Waals surface area contributed by atoms with Crippen LogP contribution in [0.15, 0.2) is 24.4 Å². The number of likely N-dealkylation sites (N-methyl/N-ethyl adjacent to an activating group) is 1. The van der Waals surface area contributed by atoms with Gasteiger partial charge in [0, 0.05) is 19.3 Å². The van der Waals surface area contributed by atoms with E-state index in [0.29, 0.717) is 5.92 Å². The Morgan fingerprint density at radius 3 is 2.65 bits per heavy atom. The first kappa shape index (κ1) is 14.1. The zero-order valence-electron chi connectivity index (χ0n) is 11.1. The molecule has 0 fully saturated rings. The zero-order valence-corrected chi connectivity index (χ0v) is 11.1. The topological polar surface area (TPSA) is 36.4 Å². The van der Waals surface area contributed by atoms with Crippen LogP contribution in [0, 0.1) is 5.92 Å². The summed E-state index contributed by atoms with van der Waals surface area (Å²) >= 11 is 0. The first-order valence-electron chi connectivity index (χ1n) is 6.47. The Hall–Kier alpha value is -0.930. The minimum atomic E-state index is -0.247. The molecule has 0 radical (unpaired) electrons. The van der Waals surface area contributed by atoms with Crippen molar-refractivity contribution in [2.24, 2.45) is 5.92 Å². The minimum Gasteiger partial charge on any atom is -0.392 e. The van der Waals surface area contributed by atoms with Crippen LogP contribution in [0.2, 0.25) is 0 Å². The van der Waals surface area contributed by atoms with Crippen LogP contribution in [0.3, 0.4) is 0 Å². The van der Waals surface area contributed by atoms with Crippen LogP contribution in [-0.4, -0.2) is 34.2 Å². The van der Waals surface area contributed by atoms with Crippen molar-refractivity contribution >= 4 is 0 Å². The van der Waals surface area contributed by atoms with Crippen LogP contribution in [0.4, 0.5) is 0 Å². The van der Waals surface area contributed by atoms with Gasteiger partial charge in [0.25, 0.3) is 0 Å². The van der Waals surface area contributed by atoms with Gasteiger partial charge in [0.1, 0.15) is 0 Å². The van der Waals surface area contributed by atoms with Gasteiger partial charge in [0.2, 0.25) is 0 Å². The van der Waals surface area contributed by atoms with Crippen molar-refractivity contribution in [2.45, 2.75) is 39.8 Å². The summed E-state index contributed by atoms with van der Waals surface area (Å²) in [5, 5.41) is 10.0. The normalized spacial score (nSPS) is 14.9. The van der Waals surface area contributed by atoms with Crippen LogP contribution in [0.1, 0.15) is 32.9 Å². The molecule has 0 aromatic carbocycles. The van der Waals surface area contributed by atoms with Crippen molar-refractivity contribution in [1.29, 1.82) is 0 Å². The standard InChI is InChI=1S/C14H24N2O/c1-4-12(3)14(17)11-16(5-2)10-13-8-6-7-9-15-13/h6-9,12,14,17H,4-5,10-11H2,1-3H3. The minimum absolute atomic E-state index is 0.247. The van der Waals surface area contributed by atoms with E-state index < -0.39 is 0 Å². The largest absolute Gasteiger partial charge is 0.392 e. The molecule has 0 spiro atoms. The molecule has 17 heavy (non-hydrogen) atoms. The van der Waals surface area contributed by atoms with Gasteiger partial charge in [0.05, 0.1) is 11.8 Å². The van der Waals surface area contributed by atoms with Gasteiger partial charge in [-0.1, -0.05) is 33.3 Å². The summed E-state index contributed by atoms with van der Waals surface area (Å²) in [6.45, 7) is 8.80. The van der Waals surface area contributed by atoms with E-state index in [1.54, 1.807) is 0 Å². The number of hydrogen-bond donors (Lipinski definition) is 1. The van der Waals surface area contributed by atoms with Gasteiger partial charge in [-0.05, 0) is 24.6 Å². The van der Waals surface area contributed by atoms with E-state index in [9.17, 15) is 5.11 Å². The molecule has 0 saturated heterocycles. The van der Waals surface area contributed by atoms with Crippen molar-refractivity contribution in [3.05, 3.63) is 30.1 Å². The van der Waals surface area contributed by atoms with Gasteiger partial charge < -0.3 is 5.11 Å². The predicted molar refractivity (Wildman–Crippen MR) is 70.6 cm³/mol. The van der Waals surface area contributed by atoms with Gasteiger partial charge in [-0.25, -0.2) is 0 Å². The number of pyridine rings is 1. The molecule has 1 aromatic rings. The summed E-state index contributed by atoms with van der Waals surface area (Å²) in [4.78, 5) is 6.55. The molecular formula is C14H24N2O. The van der Waals surface area contributed by atoms with Gasteiger partial charge in [-0.2, -0.15) is 0 Å². The molecule has 0 bridgehead atoms. The molecule has 0 saturated carbocycles. The third-order valence-corrected chi connectivity index (χ3v) is 3.31. The smallest absolute Gasteiger partial charge is 0.0692 e. The van der Waals surface area contributed by atoms with Crippen LogP contribution in [-0.2, 0) is 6.54 Å². The molecule has 0 aliphatic rings. The second kappa shape index (κ2) is 7.41. The average Bonchev–Trinajstić information content (AvgIpc) is 2.38. The number of rotatable bonds is 7. The molecule has 1 aromatic heterocycles. The highest BCUT2D eigenvalue weighted by molar-refractivity contribution is 5.03. The lowest BCUT2D eigenvalue weighted by molar-refractivity contribution is 0.0672. The van der Waals surface area contributed by atoms with Crippen molar-refractivity contribution in [3.8, 4) is 0 Å². The van der Waals surface area contributed by atoms with Crippen LogP contribution in [0.5, 0.6) is 0 Å². The third kappa shape index (κ3) is 4.84. The fourth-order valence-corrected chi connectivity index (χ4v) is 1.74. The maximum Gasteiger partial charge on any atom is 0.0692 e. The van der Waals surface area contributed by atoms with Crippen LogP contribution in [0.25, 0.3) is 0 Å². The van der Waals surface area contributed by atoms with Crippen LogP contribution < -0.4 is 0 Å². The SMILES string of the molecule is CCC(C)C(O)CN(CC)Cc1ccccn1. The molecule has 1 heterocycles. The Morgan fingerprint density at radius 2 is 2.12 bits per heavy atom. The second-order valence-corrected chi connectivity index (χ2v) is 4.60. The number of aromatic nitrogens is 1. The molecular weight excluding hydrogens is 212 g/mol. The molecule has 0 aliphatic carbocycles. The molecule has 2 unspecified atom stereocenters. The maximum atomic E-state index is 10.0. The lowest BCUT2D eigenvalue weighted by atomic mass is 10.0. The number of aliphatic hydroxyl groups is 1. The first-order chi connectivity index (χ1) is 8.17. The number of nitrogens with zero attached hydrogens (tertiary/aromatic N) is 2. The highest BCUT2D eigenvalue weighted by atomic mass is 16.3. The quantitative estimate of drug-likeness (QED) is 0.789. The van der Waals surface area contributed by atoms with Gasteiger partial charge >= 0.3 is 0 Å². The fraction of sp³-hybridized carbons (Fsp3) is 0.643. The Balaban J connectivity index is 2.49. The molecule has 3 heteroatoms. The Morgan fingerprint density at radius 1 is 1.35 bits per heavy atom. The van der Waals surface area contributed by atoms with Gasteiger partial charge in [-0.3, -0.25) is 9.88 Å². The van der Waals surface area contributed by atoms with Crippen molar-refractivity contribution in [2.75, 3.05) is 13.1 Å². The van der Waals surface area contributed by atoms with Crippen molar-refractivity contribution in [3.63, 3.8) is 0 Å². The van der Waals surface area contributed by atoms with E-state index in [0.717, 1.165) is 31.7 Å². The van der Waals surface area contributed by atoms with E-state index in [4.69, 9.17) is 0 Å². The summed E-state index contributed by atoms with van der Waals surface area (Å²) < 4.78 is 0. The molecule has 0 aliphatic heterocycles. The molecule has 96 valence electrons. The molecule has 1 rings (SSSR count). The Kier molecular flexibility index (Phi) is 6.16. The van der Waals surface area contributed by atoms with E-state index in [-0.39, 0.29) is 6.10 Å². The van der Waals surface area contributed by atoms with Gasteiger partial charge in [0.15, 0.2) is 0 Å². The summed E-state index contributed by atoms with van der Waals surface area (Å²) in [7, 11) is 0. The van der Waals surface area contributed by atoms with Crippen molar-refractivity contribution < 1.29 is 5.11 Å². The Bertz CT molecular complexity index is 302. The van der Waals surface area contributed by atoms with E-state index in [1.807, 2.05) is 24.4 Å². The molecule has 2 atom stereocenters. The summed E-state index contributed by atoms with van der Waals surface area (Å²) in [6.07, 6.45) is 2.58. The highest BCUT2D eigenvalue weighted by Gasteiger charge is 2.16. The summed E-state index contributed by atoms with van der Waals surface area (Å²) in [5.41, 5.74) is 1.06. The lowest BCUT2D eigenvalue weighted by Crippen LogP contribution is -2.35. The maximum absolute atomic E-state index is 10.0. The monoisotopic (exact) mass is 236 g/mol. The second-order valence-electron chi connectivity index (χ2n) is 4.60. The summed E-state index contributed by atoms with van der Waals surface area (Å²) in [6, 6.07) is 5.95. The summed E-state index contributed by atoms with van der Waals surface area (Å²) in [5.74, 6) is 0.354. The molecule has 1 N–H and O–H groups in total. The first-order valence-corrected chi connectivity index (χ1v) is 6.47.